The van der Waals surface area contributed by atoms with Crippen LogP contribution in [-0.4, -0.2) is 22.1 Å². The summed E-state index contributed by atoms with van der Waals surface area (Å²) < 4.78 is 14.1. The summed E-state index contributed by atoms with van der Waals surface area (Å²) in [5, 5.41) is 3.61. The van der Waals surface area contributed by atoms with E-state index in [0.717, 1.165) is 4.90 Å². The second kappa shape index (κ2) is 5.69. The molecule has 0 aliphatic heterocycles. The Balaban J connectivity index is 2.10. The summed E-state index contributed by atoms with van der Waals surface area (Å²) in [6, 6.07) is 6.58. The number of primary amides is 1. The minimum absolute atomic E-state index is 0.191. The van der Waals surface area contributed by atoms with Crippen molar-refractivity contribution in [1.82, 2.24) is 9.97 Å². The number of anilines is 2. The first-order chi connectivity index (χ1) is 10.6. The number of pyridine rings is 1. The highest BCUT2D eigenvalue weighted by Crippen LogP contribution is 2.31. The second-order valence-corrected chi connectivity index (χ2v) is 5.51. The fourth-order valence-electron chi connectivity index (χ4n) is 2.21. The van der Waals surface area contributed by atoms with Crippen LogP contribution in [0.5, 0.6) is 0 Å². The van der Waals surface area contributed by atoms with Crippen molar-refractivity contribution in [2.24, 2.45) is 5.73 Å². The summed E-state index contributed by atoms with van der Waals surface area (Å²) in [5.41, 5.74) is 6.97. The molecule has 0 saturated heterocycles. The van der Waals surface area contributed by atoms with Crippen LogP contribution in [0.3, 0.4) is 0 Å². The van der Waals surface area contributed by atoms with E-state index in [9.17, 15) is 9.18 Å². The number of H-pyrrole nitrogens is 1. The van der Waals surface area contributed by atoms with Gasteiger partial charge in [0.15, 0.2) is 0 Å². The molecule has 0 atom stereocenters. The largest absolute Gasteiger partial charge is 0.364 e. The highest BCUT2D eigenvalue weighted by atomic mass is 32.2. The molecule has 0 aliphatic carbocycles. The molecule has 1 amide bonds. The molecule has 4 N–H and O–H groups in total. The molecular weight excluding hydrogens is 303 g/mol. The Morgan fingerprint density at radius 2 is 2.23 bits per heavy atom. The van der Waals surface area contributed by atoms with Crippen molar-refractivity contribution in [3.8, 4) is 0 Å². The smallest absolute Gasteiger partial charge is 0.267 e. The minimum atomic E-state index is -0.625. The van der Waals surface area contributed by atoms with E-state index in [4.69, 9.17) is 5.73 Å². The third-order valence-corrected chi connectivity index (χ3v) is 4.01. The lowest BCUT2D eigenvalue weighted by Crippen LogP contribution is -2.13. The third kappa shape index (κ3) is 2.50. The van der Waals surface area contributed by atoms with E-state index in [0.29, 0.717) is 16.6 Å². The van der Waals surface area contributed by atoms with Crippen molar-refractivity contribution in [3.05, 3.63) is 48.2 Å². The Kier molecular flexibility index (Phi) is 3.72. The first-order valence-electron chi connectivity index (χ1n) is 6.46. The standard InChI is InChI=1S/C15H13FN4OS/c1-22-8-2-3-12(10(16)6-8)20-13-9-7-18-5-4-11(9)19-14(13)15(17)21/h2-7,19-20H,1H3,(H2,17,21). The number of amides is 1. The van der Waals surface area contributed by atoms with Crippen LogP contribution in [0.15, 0.2) is 41.6 Å². The summed E-state index contributed by atoms with van der Waals surface area (Å²) in [7, 11) is 0. The molecule has 0 saturated carbocycles. The molecule has 0 unspecified atom stereocenters. The summed E-state index contributed by atoms with van der Waals surface area (Å²) in [4.78, 5) is 19.4. The Hall–Kier alpha value is -2.54. The van der Waals surface area contributed by atoms with Crippen molar-refractivity contribution >= 4 is 39.9 Å². The number of benzene rings is 1. The van der Waals surface area contributed by atoms with Gasteiger partial charge in [-0.2, -0.15) is 0 Å². The molecule has 3 rings (SSSR count). The number of nitrogens with two attached hydrogens (primary N) is 1. The third-order valence-electron chi connectivity index (χ3n) is 3.28. The number of fused-ring (bicyclic) bond motifs is 1. The number of thioether (sulfide) groups is 1. The van der Waals surface area contributed by atoms with E-state index in [2.05, 4.69) is 15.3 Å². The average molecular weight is 316 g/mol. The van der Waals surface area contributed by atoms with E-state index in [-0.39, 0.29) is 11.4 Å². The van der Waals surface area contributed by atoms with Crippen molar-refractivity contribution in [2.45, 2.75) is 4.90 Å². The molecule has 2 aromatic heterocycles. The molecule has 0 aliphatic rings. The zero-order valence-corrected chi connectivity index (χ0v) is 12.5. The van der Waals surface area contributed by atoms with E-state index < -0.39 is 11.7 Å². The highest BCUT2D eigenvalue weighted by molar-refractivity contribution is 7.98. The van der Waals surface area contributed by atoms with Crippen LogP contribution in [0.4, 0.5) is 15.8 Å². The molecule has 5 nitrogen and oxygen atoms in total. The lowest BCUT2D eigenvalue weighted by Gasteiger charge is -2.09. The van der Waals surface area contributed by atoms with Gasteiger partial charge in [-0.05, 0) is 30.5 Å². The first kappa shape index (κ1) is 14.4. The van der Waals surface area contributed by atoms with Gasteiger partial charge in [0.05, 0.1) is 16.9 Å². The van der Waals surface area contributed by atoms with Gasteiger partial charge in [0.25, 0.3) is 5.91 Å². The van der Waals surface area contributed by atoms with Crippen LogP contribution >= 0.6 is 11.8 Å². The molecule has 0 fully saturated rings. The molecule has 22 heavy (non-hydrogen) atoms. The van der Waals surface area contributed by atoms with Crippen LogP contribution in [0.2, 0.25) is 0 Å². The molecule has 7 heteroatoms. The maximum absolute atomic E-state index is 14.1. The number of hydrogen-bond donors (Lipinski definition) is 3. The van der Waals surface area contributed by atoms with Gasteiger partial charge >= 0.3 is 0 Å². The van der Waals surface area contributed by atoms with Gasteiger partial charge in [-0.25, -0.2) is 4.39 Å². The number of hydrogen-bond acceptors (Lipinski definition) is 4. The summed E-state index contributed by atoms with van der Waals surface area (Å²) in [6.45, 7) is 0. The lowest BCUT2D eigenvalue weighted by atomic mass is 10.2. The number of carbonyl (C=O) groups excluding carboxylic acids is 1. The number of rotatable bonds is 4. The van der Waals surface area contributed by atoms with Gasteiger partial charge < -0.3 is 16.0 Å². The molecule has 2 heterocycles. The van der Waals surface area contributed by atoms with Crippen LogP contribution < -0.4 is 11.1 Å². The van der Waals surface area contributed by atoms with Gasteiger partial charge in [-0.15, -0.1) is 11.8 Å². The number of halogens is 1. The summed E-state index contributed by atoms with van der Waals surface area (Å²) in [6.07, 6.45) is 5.06. The lowest BCUT2D eigenvalue weighted by molar-refractivity contribution is 0.0997. The number of nitrogens with one attached hydrogen (secondary N) is 2. The summed E-state index contributed by atoms with van der Waals surface area (Å²) in [5.74, 6) is -1.03. The first-order valence-corrected chi connectivity index (χ1v) is 7.68. The molecular formula is C15H13FN4OS. The normalized spacial score (nSPS) is 10.8. The predicted molar refractivity (Wildman–Crippen MR) is 86.1 cm³/mol. The van der Waals surface area contributed by atoms with Crippen molar-refractivity contribution in [3.63, 3.8) is 0 Å². The van der Waals surface area contributed by atoms with E-state index in [1.165, 1.54) is 17.8 Å². The average Bonchev–Trinajstić information content (AvgIpc) is 2.88. The van der Waals surface area contributed by atoms with Crippen LogP contribution in [0.1, 0.15) is 10.5 Å². The van der Waals surface area contributed by atoms with Gasteiger partial charge in [-0.1, -0.05) is 0 Å². The zero-order valence-electron chi connectivity index (χ0n) is 11.7. The SMILES string of the molecule is CSc1ccc(Nc2c(C(N)=O)[nH]c3ccncc23)c(F)c1. The highest BCUT2D eigenvalue weighted by Gasteiger charge is 2.17. The Labute approximate surface area is 130 Å². The Morgan fingerprint density at radius 3 is 2.91 bits per heavy atom. The van der Waals surface area contributed by atoms with Gasteiger partial charge in [0.2, 0.25) is 0 Å². The van der Waals surface area contributed by atoms with Crippen LogP contribution in [0.25, 0.3) is 10.9 Å². The molecule has 0 bridgehead atoms. The topological polar surface area (TPSA) is 83.8 Å². The van der Waals surface area contributed by atoms with Gasteiger partial charge in [0, 0.05) is 22.7 Å². The van der Waals surface area contributed by atoms with Crippen LogP contribution in [0, 0.1) is 5.82 Å². The maximum Gasteiger partial charge on any atom is 0.267 e. The molecule has 1 aromatic carbocycles. The van der Waals surface area contributed by atoms with Crippen LogP contribution in [-0.2, 0) is 0 Å². The van der Waals surface area contributed by atoms with E-state index in [1.54, 1.807) is 30.6 Å². The molecule has 112 valence electrons. The van der Waals surface area contributed by atoms with Crippen molar-refractivity contribution in [1.29, 1.82) is 0 Å². The monoisotopic (exact) mass is 316 g/mol. The van der Waals surface area contributed by atoms with Crippen molar-refractivity contribution < 1.29 is 9.18 Å². The fraction of sp³-hybridized carbons (Fsp3) is 0.0667. The number of carbonyl (C=O) groups is 1. The summed E-state index contributed by atoms with van der Waals surface area (Å²) >= 11 is 1.45. The number of nitrogens with zero attached hydrogens (tertiary/aromatic N) is 1. The van der Waals surface area contributed by atoms with Gasteiger partial charge in [-0.3, -0.25) is 9.78 Å². The van der Waals surface area contributed by atoms with E-state index >= 15 is 0 Å². The Morgan fingerprint density at radius 1 is 1.41 bits per heavy atom. The quantitative estimate of drug-likeness (QED) is 0.645. The number of aromatic amines is 1. The predicted octanol–water partition coefficient (Wildman–Crippen LogP) is 3.27. The van der Waals surface area contributed by atoms with Crippen molar-refractivity contribution in [2.75, 3.05) is 11.6 Å². The molecule has 0 radical (unpaired) electrons. The maximum atomic E-state index is 14.1. The minimum Gasteiger partial charge on any atom is -0.364 e. The van der Waals surface area contributed by atoms with Gasteiger partial charge in [0.1, 0.15) is 11.5 Å². The zero-order chi connectivity index (χ0) is 15.7. The second-order valence-electron chi connectivity index (χ2n) is 4.63. The molecule has 0 spiro atoms. The number of aromatic nitrogens is 2. The fourth-order valence-corrected chi connectivity index (χ4v) is 2.63. The van der Waals surface area contributed by atoms with E-state index in [1.807, 2.05) is 6.26 Å². The molecule has 3 aromatic rings. The Bertz CT molecular complexity index is 862.